The predicted octanol–water partition coefficient (Wildman–Crippen LogP) is 2.75. The van der Waals surface area contributed by atoms with Gasteiger partial charge in [0.15, 0.2) is 5.69 Å². The number of hydrogen-bond acceptors (Lipinski definition) is 6. The molecule has 31 heavy (non-hydrogen) atoms. The molecule has 0 fully saturated rings. The highest BCUT2D eigenvalue weighted by atomic mass is 32.2. The van der Waals surface area contributed by atoms with Crippen molar-refractivity contribution < 1.29 is 22.8 Å². The molecule has 0 spiro atoms. The van der Waals surface area contributed by atoms with Crippen LogP contribution in [-0.4, -0.2) is 35.5 Å². The zero-order valence-electron chi connectivity index (χ0n) is 16.8. The van der Waals surface area contributed by atoms with E-state index >= 15 is 0 Å². The van der Waals surface area contributed by atoms with Crippen molar-refractivity contribution in [1.82, 2.24) is 9.46 Å². The van der Waals surface area contributed by atoms with Crippen LogP contribution >= 0.6 is 0 Å². The number of sulfonamides is 1. The molecule has 2 aliphatic rings. The van der Waals surface area contributed by atoms with Crippen LogP contribution in [0.1, 0.15) is 45.4 Å². The fourth-order valence-corrected chi connectivity index (χ4v) is 5.32. The minimum absolute atomic E-state index is 0.0440. The number of nitrogens with two attached hydrogens (primary N) is 1. The number of aryl methyl sites for hydroxylation is 1. The average Bonchev–Trinajstić information content (AvgIpc) is 3.38. The van der Waals surface area contributed by atoms with Crippen LogP contribution in [-0.2, 0) is 29.4 Å². The molecule has 3 aromatic rings. The lowest BCUT2D eigenvalue weighted by atomic mass is 10.1. The first kappa shape index (κ1) is 21.2. The van der Waals surface area contributed by atoms with Gasteiger partial charge in [-0.3, -0.25) is 0 Å². The largest absolute Gasteiger partial charge is 0.476 e. The predicted molar refractivity (Wildman–Crippen MR) is 113 cm³/mol. The molecular weight excluding hydrogens is 418 g/mol. The highest BCUT2D eigenvalue weighted by Crippen LogP contribution is 2.28. The van der Waals surface area contributed by atoms with E-state index in [0.29, 0.717) is 23.8 Å². The summed E-state index contributed by atoms with van der Waals surface area (Å²) in [5.74, 6) is -0.786. The van der Waals surface area contributed by atoms with E-state index in [-0.39, 0.29) is 23.7 Å². The topological polar surface area (TPSA) is 127 Å². The molecule has 0 saturated carbocycles. The Bertz CT molecular complexity index is 1190. The van der Waals surface area contributed by atoms with Gasteiger partial charge in [0.05, 0.1) is 4.90 Å². The summed E-state index contributed by atoms with van der Waals surface area (Å²) in [6.07, 6.45) is 2.60. The third-order valence-corrected chi connectivity index (χ3v) is 7.41. The summed E-state index contributed by atoms with van der Waals surface area (Å²) in [7, 11) is -3.65. The summed E-state index contributed by atoms with van der Waals surface area (Å²) in [6.45, 7) is 0.191. The minimum Gasteiger partial charge on any atom is -0.476 e. The number of carbonyl (C=O) groups is 1. The summed E-state index contributed by atoms with van der Waals surface area (Å²) in [6, 6.07) is 16.8. The van der Waals surface area contributed by atoms with Crippen molar-refractivity contribution in [2.45, 2.75) is 36.7 Å². The second-order valence-electron chi connectivity index (χ2n) is 7.48. The molecule has 2 heterocycles. The maximum Gasteiger partial charge on any atom is 0.358 e. The summed E-state index contributed by atoms with van der Waals surface area (Å²) >= 11 is 0. The Kier molecular flexibility index (Phi) is 5.90. The first-order valence-electron chi connectivity index (χ1n) is 9.97. The van der Waals surface area contributed by atoms with Gasteiger partial charge >= 0.3 is 5.97 Å². The molecule has 1 aliphatic carbocycles. The Morgan fingerprint density at radius 1 is 1.10 bits per heavy atom. The van der Waals surface area contributed by atoms with Crippen LogP contribution in [0.25, 0.3) is 0 Å². The Morgan fingerprint density at radius 2 is 1.81 bits per heavy atom. The summed E-state index contributed by atoms with van der Waals surface area (Å²) in [5.41, 5.74) is 8.74. The molecule has 0 saturated heterocycles. The first-order valence-corrected chi connectivity index (χ1v) is 11.4. The van der Waals surface area contributed by atoms with Crippen molar-refractivity contribution in [2.75, 3.05) is 6.54 Å². The van der Waals surface area contributed by atoms with Gasteiger partial charge in [-0.25, -0.2) is 13.2 Å². The number of carboxylic acid groups (broad SMARTS) is 1. The zero-order chi connectivity index (χ0) is 22.0. The van der Waals surface area contributed by atoms with Gasteiger partial charge in [0, 0.05) is 31.1 Å². The summed E-state index contributed by atoms with van der Waals surface area (Å²) in [5, 5.41) is 12.5. The molecule has 1 aromatic heterocycles. The minimum atomic E-state index is -3.65. The SMILES string of the molecule is NC1CCc2ccccc21.O=C(O)c1noc2c1CN(S(=O)(=O)c1ccccc1)CC2. The fourth-order valence-electron chi connectivity index (χ4n) is 3.89. The highest BCUT2D eigenvalue weighted by Gasteiger charge is 2.33. The Hall–Kier alpha value is -3.01. The second-order valence-corrected chi connectivity index (χ2v) is 9.42. The zero-order valence-corrected chi connectivity index (χ0v) is 17.6. The number of aromatic nitrogens is 1. The number of rotatable bonds is 3. The van der Waals surface area contributed by atoms with Crippen molar-refractivity contribution in [3.05, 3.63) is 82.7 Å². The first-order chi connectivity index (χ1) is 14.9. The normalized spacial score (nSPS) is 17.9. The standard InChI is InChI=1S/C13H12N2O5S.C9H11N/c16-13(17)12-10-8-15(7-6-11(10)20-14-12)21(18,19)9-4-2-1-3-5-9;10-9-6-5-7-3-1-2-4-8(7)9/h1-5H,6-8H2,(H,16,17);1-4,9H,5-6,10H2. The van der Waals surface area contributed by atoms with Gasteiger partial charge in [0.25, 0.3) is 0 Å². The van der Waals surface area contributed by atoms with Crippen LogP contribution in [0.3, 0.4) is 0 Å². The average molecular weight is 442 g/mol. The van der Waals surface area contributed by atoms with E-state index in [0.717, 1.165) is 12.8 Å². The molecule has 3 N–H and O–H groups in total. The van der Waals surface area contributed by atoms with Crippen molar-refractivity contribution in [2.24, 2.45) is 5.73 Å². The number of aromatic carboxylic acids is 1. The number of nitrogens with zero attached hydrogens (tertiary/aromatic N) is 2. The van der Waals surface area contributed by atoms with Crippen molar-refractivity contribution in [1.29, 1.82) is 0 Å². The van der Waals surface area contributed by atoms with Gasteiger partial charge in [0.1, 0.15) is 5.76 Å². The smallest absolute Gasteiger partial charge is 0.358 e. The lowest BCUT2D eigenvalue weighted by molar-refractivity contribution is 0.0684. The molecule has 2 aromatic carbocycles. The van der Waals surface area contributed by atoms with Crippen molar-refractivity contribution in [3.8, 4) is 0 Å². The second kappa shape index (κ2) is 8.62. The van der Waals surface area contributed by atoms with Gasteiger partial charge in [-0.2, -0.15) is 4.31 Å². The van der Waals surface area contributed by atoms with Gasteiger partial charge in [-0.05, 0) is 36.1 Å². The molecule has 5 rings (SSSR count). The van der Waals surface area contributed by atoms with E-state index in [1.54, 1.807) is 18.2 Å². The number of fused-ring (bicyclic) bond motifs is 2. The lowest BCUT2D eigenvalue weighted by Gasteiger charge is -2.25. The van der Waals surface area contributed by atoms with Gasteiger partial charge in [0.2, 0.25) is 10.0 Å². The van der Waals surface area contributed by atoms with E-state index in [1.807, 2.05) is 0 Å². The van der Waals surface area contributed by atoms with Crippen LogP contribution in [0, 0.1) is 0 Å². The van der Waals surface area contributed by atoms with E-state index in [2.05, 4.69) is 29.4 Å². The van der Waals surface area contributed by atoms with E-state index in [9.17, 15) is 13.2 Å². The molecule has 0 amide bonds. The maximum atomic E-state index is 12.5. The van der Waals surface area contributed by atoms with Crippen LogP contribution in [0.4, 0.5) is 0 Å². The van der Waals surface area contributed by atoms with Crippen LogP contribution in [0.2, 0.25) is 0 Å². The maximum absolute atomic E-state index is 12.5. The number of carboxylic acids is 1. The van der Waals surface area contributed by atoms with E-state index in [4.69, 9.17) is 15.4 Å². The molecule has 8 nitrogen and oxygen atoms in total. The number of benzene rings is 2. The highest BCUT2D eigenvalue weighted by molar-refractivity contribution is 7.89. The Balaban J connectivity index is 0.000000192. The van der Waals surface area contributed by atoms with E-state index < -0.39 is 16.0 Å². The van der Waals surface area contributed by atoms with Gasteiger partial charge in [-0.1, -0.05) is 47.6 Å². The molecule has 0 bridgehead atoms. The molecule has 9 heteroatoms. The van der Waals surface area contributed by atoms with E-state index in [1.165, 1.54) is 27.6 Å². The van der Waals surface area contributed by atoms with Crippen LogP contribution in [0.5, 0.6) is 0 Å². The molecular formula is C22H23N3O5S. The number of hydrogen-bond donors (Lipinski definition) is 2. The summed E-state index contributed by atoms with van der Waals surface area (Å²) < 4.78 is 31.3. The Labute approximate surface area is 180 Å². The van der Waals surface area contributed by atoms with Crippen molar-refractivity contribution in [3.63, 3.8) is 0 Å². The third-order valence-electron chi connectivity index (χ3n) is 5.56. The van der Waals surface area contributed by atoms with Gasteiger partial charge in [-0.15, -0.1) is 0 Å². The monoisotopic (exact) mass is 441 g/mol. The molecule has 0 radical (unpaired) electrons. The fraction of sp³-hybridized carbons (Fsp3) is 0.273. The van der Waals surface area contributed by atoms with Gasteiger partial charge < -0.3 is 15.4 Å². The third kappa shape index (κ3) is 4.25. The van der Waals surface area contributed by atoms with Crippen LogP contribution < -0.4 is 5.73 Å². The molecule has 1 aliphatic heterocycles. The lowest BCUT2D eigenvalue weighted by Crippen LogP contribution is -2.36. The molecule has 162 valence electrons. The summed E-state index contributed by atoms with van der Waals surface area (Å²) in [4.78, 5) is 11.3. The van der Waals surface area contributed by atoms with Crippen LogP contribution in [0.15, 0.2) is 64.0 Å². The molecule has 1 atom stereocenters. The quantitative estimate of drug-likeness (QED) is 0.640. The Morgan fingerprint density at radius 3 is 2.52 bits per heavy atom. The van der Waals surface area contributed by atoms with Crippen molar-refractivity contribution >= 4 is 16.0 Å². The molecule has 1 unspecified atom stereocenters.